The highest BCUT2D eigenvalue weighted by Gasteiger charge is 2.41. The predicted octanol–water partition coefficient (Wildman–Crippen LogP) is 2.02. The highest BCUT2D eigenvalue weighted by atomic mass is 32.2. The minimum absolute atomic E-state index is 0.342. The number of anilines is 1. The monoisotopic (exact) mass is 253 g/mol. The topological polar surface area (TPSA) is 50.9 Å². The highest BCUT2D eigenvalue weighted by molar-refractivity contribution is 8.00. The van der Waals surface area contributed by atoms with Gasteiger partial charge in [0.15, 0.2) is 0 Å². The van der Waals surface area contributed by atoms with E-state index in [0.717, 1.165) is 12.2 Å². The minimum atomic E-state index is 0.342. The van der Waals surface area contributed by atoms with Gasteiger partial charge in [-0.3, -0.25) is 4.98 Å². The molecule has 0 bridgehead atoms. The summed E-state index contributed by atoms with van der Waals surface area (Å²) in [6.45, 7) is 0.995. The molecule has 0 aromatic carbocycles. The van der Waals surface area contributed by atoms with Crippen LogP contribution in [0.15, 0.2) is 18.3 Å². The summed E-state index contributed by atoms with van der Waals surface area (Å²) < 4.78 is 0.451. The summed E-state index contributed by atoms with van der Waals surface area (Å²) in [6.07, 6.45) is 6.50. The summed E-state index contributed by atoms with van der Waals surface area (Å²) in [5.74, 6) is 0. The predicted molar refractivity (Wildman–Crippen MR) is 74.1 cm³/mol. The van der Waals surface area contributed by atoms with E-state index in [1.165, 1.54) is 12.8 Å². The molecular weight excluding hydrogens is 238 g/mol. The molecule has 0 amide bonds. The largest absolute Gasteiger partial charge is 0.388 e. The molecule has 1 aliphatic rings. The number of rotatable bonds is 5. The number of pyridine rings is 1. The van der Waals surface area contributed by atoms with Gasteiger partial charge < -0.3 is 11.1 Å². The Labute approximate surface area is 105 Å². The van der Waals surface area contributed by atoms with Crippen LogP contribution in [-0.4, -0.2) is 27.5 Å². The fraction of sp³-hybridized carbons (Fsp3) is 0.455. The Morgan fingerprint density at radius 2 is 2.44 bits per heavy atom. The number of hydrogen-bond donors (Lipinski definition) is 2. The van der Waals surface area contributed by atoms with Gasteiger partial charge in [0.05, 0.1) is 5.69 Å². The molecule has 1 aromatic heterocycles. The molecule has 0 saturated heterocycles. The van der Waals surface area contributed by atoms with Crippen LogP contribution in [0.3, 0.4) is 0 Å². The second-order valence-electron chi connectivity index (χ2n) is 4.03. The molecule has 3 nitrogen and oxygen atoms in total. The number of thiocarbonyl (C=S) groups is 1. The first-order chi connectivity index (χ1) is 7.65. The second-order valence-corrected chi connectivity index (χ2v) is 5.75. The number of thioether (sulfide) groups is 1. The number of hydrogen-bond acceptors (Lipinski definition) is 4. The summed E-state index contributed by atoms with van der Waals surface area (Å²) in [7, 11) is 0. The van der Waals surface area contributed by atoms with Crippen LogP contribution in [0.5, 0.6) is 0 Å². The first kappa shape index (κ1) is 11.7. The second kappa shape index (κ2) is 4.59. The molecule has 1 saturated carbocycles. The maximum absolute atomic E-state index is 5.54. The number of nitrogens with one attached hydrogen (secondary N) is 1. The van der Waals surface area contributed by atoms with Gasteiger partial charge in [0.25, 0.3) is 0 Å². The summed E-state index contributed by atoms with van der Waals surface area (Å²) >= 11 is 6.84. The van der Waals surface area contributed by atoms with Gasteiger partial charge >= 0.3 is 0 Å². The van der Waals surface area contributed by atoms with Gasteiger partial charge in [0.1, 0.15) is 4.99 Å². The highest BCUT2D eigenvalue weighted by Crippen LogP contribution is 2.46. The van der Waals surface area contributed by atoms with E-state index in [1.54, 1.807) is 6.20 Å². The van der Waals surface area contributed by atoms with Gasteiger partial charge in [0, 0.05) is 23.2 Å². The molecule has 86 valence electrons. The van der Waals surface area contributed by atoms with Crippen LogP contribution in [0, 0.1) is 0 Å². The summed E-state index contributed by atoms with van der Waals surface area (Å²) in [4.78, 5) is 4.45. The van der Waals surface area contributed by atoms with Gasteiger partial charge in [-0.15, -0.1) is 0 Å². The Kier molecular flexibility index (Phi) is 3.35. The maximum Gasteiger partial charge on any atom is 0.122 e. The zero-order valence-electron chi connectivity index (χ0n) is 9.19. The Morgan fingerprint density at radius 1 is 1.69 bits per heavy atom. The summed E-state index contributed by atoms with van der Waals surface area (Å²) in [6, 6.07) is 3.84. The smallest absolute Gasteiger partial charge is 0.122 e. The lowest BCUT2D eigenvalue weighted by Gasteiger charge is -2.14. The lowest BCUT2D eigenvalue weighted by atomic mass is 10.3. The van der Waals surface area contributed by atoms with Crippen molar-refractivity contribution < 1.29 is 0 Å². The van der Waals surface area contributed by atoms with Crippen LogP contribution in [-0.2, 0) is 0 Å². The van der Waals surface area contributed by atoms with Crippen LogP contribution >= 0.6 is 24.0 Å². The number of nitrogens with two attached hydrogens (primary N) is 1. The lowest BCUT2D eigenvalue weighted by Crippen LogP contribution is -2.18. The first-order valence-electron chi connectivity index (χ1n) is 5.20. The lowest BCUT2D eigenvalue weighted by molar-refractivity contribution is 0.948. The van der Waals surface area contributed by atoms with Crippen molar-refractivity contribution in [2.45, 2.75) is 17.6 Å². The fourth-order valence-corrected chi connectivity index (χ4v) is 2.37. The Morgan fingerprint density at radius 3 is 3.00 bits per heavy atom. The van der Waals surface area contributed by atoms with Gasteiger partial charge in [0.2, 0.25) is 0 Å². The molecule has 0 atom stereocenters. The van der Waals surface area contributed by atoms with E-state index in [4.69, 9.17) is 18.0 Å². The van der Waals surface area contributed by atoms with Gasteiger partial charge in [-0.2, -0.15) is 11.8 Å². The van der Waals surface area contributed by atoms with Crippen LogP contribution < -0.4 is 11.1 Å². The van der Waals surface area contributed by atoms with Crippen molar-refractivity contribution in [3.05, 3.63) is 24.0 Å². The Balaban J connectivity index is 1.99. The molecule has 16 heavy (non-hydrogen) atoms. The molecular formula is C11H15N3S2. The third kappa shape index (κ3) is 2.65. The van der Waals surface area contributed by atoms with Crippen LogP contribution in [0.2, 0.25) is 0 Å². The van der Waals surface area contributed by atoms with Crippen LogP contribution in [0.4, 0.5) is 5.69 Å². The molecule has 0 unspecified atom stereocenters. The van der Waals surface area contributed by atoms with E-state index in [1.807, 2.05) is 23.9 Å². The molecule has 3 N–H and O–H groups in total. The van der Waals surface area contributed by atoms with Crippen molar-refractivity contribution in [2.75, 3.05) is 18.1 Å². The van der Waals surface area contributed by atoms with Crippen molar-refractivity contribution >= 4 is 34.7 Å². The molecule has 1 fully saturated rings. The third-order valence-corrected chi connectivity index (χ3v) is 4.50. The van der Waals surface area contributed by atoms with Crippen molar-refractivity contribution in [3.8, 4) is 0 Å². The average Bonchev–Trinajstić information content (AvgIpc) is 3.07. The van der Waals surface area contributed by atoms with Crippen molar-refractivity contribution in [3.63, 3.8) is 0 Å². The van der Waals surface area contributed by atoms with Crippen molar-refractivity contribution in [1.29, 1.82) is 0 Å². The fourth-order valence-electron chi connectivity index (χ4n) is 1.53. The maximum atomic E-state index is 5.54. The Bertz CT molecular complexity index is 402. The molecule has 1 aromatic rings. The average molecular weight is 253 g/mol. The summed E-state index contributed by atoms with van der Waals surface area (Å²) in [5, 5.41) is 3.42. The molecule has 1 aliphatic carbocycles. The quantitative estimate of drug-likeness (QED) is 0.786. The number of aromatic nitrogens is 1. The molecule has 5 heteroatoms. The third-order valence-electron chi connectivity index (χ3n) is 2.87. The first-order valence-corrected chi connectivity index (χ1v) is 6.83. The standard InChI is InChI=1S/C11H15N3S2/c1-16-11(3-4-11)7-14-8-2-5-13-9(6-8)10(12)15/h2,5-6H,3-4,7H2,1H3,(H2,12,15)(H,13,14). The number of nitrogens with zero attached hydrogens (tertiary/aromatic N) is 1. The van der Waals surface area contributed by atoms with E-state index in [9.17, 15) is 0 Å². The van der Waals surface area contributed by atoms with Crippen LogP contribution in [0.25, 0.3) is 0 Å². The van der Waals surface area contributed by atoms with E-state index in [2.05, 4.69) is 16.6 Å². The molecule has 2 rings (SSSR count). The SMILES string of the molecule is CSC1(CNc2ccnc(C(N)=S)c2)CC1. The molecule has 0 spiro atoms. The van der Waals surface area contributed by atoms with Gasteiger partial charge in [-0.05, 0) is 31.2 Å². The minimum Gasteiger partial charge on any atom is -0.388 e. The van der Waals surface area contributed by atoms with Crippen molar-refractivity contribution in [2.24, 2.45) is 5.73 Å². The zero-order chi connectivity index (χ0) is 11.6. The molecule has 0 radical (unpaired) electrons. The van der Waals surface area contributed by atoms with E-state index >= 15 is 0 Å². The van der Waals surface area contributed by atoms with Gasteiger partial charge in [-0.1, -0.05) is 12.2 Å². The molecule has 1 heterocycles. The Hall–Kier alpha value is -0.810. The van der Waals surface area contributed by atoms with E-state index < -0.39 is 0 Å². The normalized spacial score (nSPS) is 16.8. The summed E-state index contributed by atoms with van der Waals surface area (Å²) in [5.41, 5.74) is 7.26. The van der Waals surface area contributed by atoms with E-state index in [0.29, 0.717) is 15.4 Å². The van der Waals surface area contributed by atoms with Gasteiger partial charge in [-0.25, -0.2) is 0 Å². The van der Waals surface area contributed by atoms with E-state index in [-0.39, 0.29) is 0 Å². The zero-order valence-corrected chi connectivity index (χ0v) is 10.8. The molecule has 0 aliphatic heterocycles. The van der Waals surface area contributed by atoms with Crippen molar-refractivity contribution in [1.82, 2.24) is 4.98 Å². The van der Waals surface area contributed by atoms with Crippen LogP contribution in [0.1, 0.15) is 18.5 Å².